The Labute approximate surface area is 112 Å². The molecule has 0 spiro atoms. The minimum Gasteiger partial charge on any atom is -0.426 e. The highest BCUT2D eigenvalue weighted by molar-refractivity contribution is 5.84. The Kier molecular flexibility index (Phi) is 4.00. The number of carbonyl (C=O) groups is 2. The molecule has 1 aliphatic carbocycles. The summed E-state index contributed by atoms with van der Waals surface area (Å²) in [6.07, 6.45) is 3.20. The molecule has 0 N–H and O–H groups in total. The predicted octanol–water partition coefficient (Wildman–Crippen LogP) is 2.87. The normalized spacial score (nSPS) is 13.6. The molecule has 1 aromatic carbocycles. The van der Waals surface area contributed by atoms with E-state index in [1.165, 1.54) is 12.1 Å². The summed E-state index contributed by atoms with van der Waals surface area (Å²) in [5, 5.41) is 0. The van der Waals surface area contributed by atoms with Crippen LogP contribution < -0.4 is 9.47 Å². The van der Waals surface area contributed by atoms with Crippen LogP contribution in [0.1, 0.15) is 26.7 Å². The second-order valence-corrected chi connectivity index (χ2v) is 4.81. The Bertz CT molecular complexity index is 523. The highest BCUT2D eigenvalue weighted by atomic mass is 16.5. The van der Waals surface area contributed by atoms with Gasteiger partial charge >= 0.3 is 11.9 Å². The van der Waals surface area contributed by atoms with Crippen LogP contribution in [0.15, 0.2) is 35.9 Å². The number of allylic oxidation sites excluding steroid dienone is 1. The monoisotopic (exact) mass is 260 g/mol. The minimum absolute atomic E-state index is 0.0388. The molecule has 0 radical (unpaired) electrons. The van der Waals surface area contributed by atoms with Gasteiger partial charge in [-0.25, -0.2) is 4.79 Å². The zero-order chi connectivity index (χ0) is 13.8. The van der Waals surface area contributed by atoms with Gasteiger partial charge in [-0.3, -0.25) is 4.79 Å². The van der Waals surface area contributed by atoms with Gasteiger partial charge in [0.25, 0.3) is 0 Å². The molecule has 0 unspecified atom stereocenters. The summed E-state index contributed by atoms with van der Waals surface area (Å²) < 4.78 is 10.3. The molecule has 1 saturated carbocycles. The average Bonchev–Trinajstić information content (AvgIpc) is 3.11. The highest BCUT2D eigenvalue weighted by Crippen LogP contribution is 2.31. The van der Waals surface area contributed by atoms with Crippen LogP contribution in [0.4, 0.5) is 0 Å². The van der Waals surface area contributed by atoms with Gasteiger partial charge in [-0.1, -0.05) is 11.6 Å². The Morgan fingerprint density at radius 2 is 1.79 bits per heavy atom. The first kappa shape index (κ1) is 13.3. The molecule has 0 bridgehead atoms. The van der Waals surface area contributed by atoms with Crippen molar-refractivity contribution in [3.8, 4) is 11.5 Å². The number of hydrogen-bond donors (Lipinski definition) is 0. The van der Waals surface area contributed by atoms with Crippen LogP contribution in [0.25, 0.3) is 0 Å². The molecule has 2 rings (SSSR count). The Hall–Kier alpha value is -2.10. The molecule has 1 aliphatic rings. The highest BCUT2D eigenvalue weighted by Gasteiger charge is 2.31. The molecule has 0 atom stereocenters. The molecule has 100 valence electrons. The first-order chi connectivity index (χ1) is 9.04. The van der Waals surface area contributed by atoms with E-state index >= 15 is 0 Å². The molecule has 0 aromatic heterocycles. The van der Waals surface area contributed by atoms with E-state index in [2.05, 4.69) is 0 Å². The predicted molar refractivity (Wildman–Crippen MR) is 69.9 cm³/mol. The maximum atomic E-state index is 11.5. The van der Waals surface area contributed by atoms with Crippen LogP contribution in [-0.2, 0) is 9.59 Å². The average molecular weight is 260 g/mol. The van der Waals surface area contributed by atoms with Gasteiger partial charge in [-0.15, -0.1) is 0 Å². The summed E-state index contributed by atoms with van der Waals surface area (Å²) in [5.74, 6) is 0.151. The van der Waals surface area contributed by atoms with Gasteiger partial charge in [-0.05, 0) is 38.8 Å². The molecule has 19 heavy (non-hydrogen) atoms. The molecule has 0 heterocycles. The van der Waals surface area contributed by atoms with Gasteiger partial charge in [0.2, 0.25) is 0 Å². The van der Waals surface area contributed by atoms with Gasteiger partial charge in [0, 0.05) is 12.1 Å². The van der Waals surface area contributed by atoms with Crippen LogP contribution in [0.5, 0.6) is 11.5 Å². The van der Waals surface area contributed by atoms with E-state index in [1.807, 2.05) is 13.8 Å². The van der Waals surface area contributed by atoms with E-state index in [0.29, 0.717) is 11.5 Å². The van der Waals surface area contributed by atoms with Gasteiger partial charge in [-0.2, -0.15) is 0 Å². The molecular weight excluding hydrogens is 244 g/mol. The minimum atomic E-state index is -0.439. The Morgan fingerprint density at radius 1 is 1.16 bits per heavy atom. The topological polar surface area (TPSA) is 52.6 Å². The summed E-state index contributed by atoms with van der Waals surface area (Å²) >= 11 is 0. The second-order valence-electron chi connectivity index (χ2n) is 4.81. The van der Waals surface area contributed by atoms with E-state index < -0.39 is 5.97 Å². The standard InChI is InChI=1S/C15H16O4/c1-10(2)8-14(16)18-12-4-3-5-13(9-12)19-15(17)11-6-7-11/h3-5,8-9,11H,6-7H2,1-2H3. The molecule has 1 aromatic rings. The zero-order valence-electron chi connectivity index (χ0n) is 11.0. The summed E-state index contributed by atoms with van der Waals surface area (Å²) in [4.78, 5) is 23.0. The summed E-state index contributed by atoms with van der Waals surface area (Å²) in [6.45, 7) is 3.63. The zero-order valence-corrected chi connectivity index (χ0v) is 11.0. The van der Waals surface area contributed by atoms with Crippen LogP contribution in [-0.4, -0.2) is 11.9 Å². The van der Waals surface area contributed by atoms with Crippen molar-refractivity contribution in [1.29, 1.82) is 0 Å². The SMILES string of the molecule is CC(C)=CC(=O)Oc1cccc(OC(=O)C2CC2)c1. The van der Waals surface area contributed by atoms with Crippen molar-refractivity contribution in [3.63, 3.8) is 0 Å². The third kappa shape index (κ3) is 4.25. The van der Waals surface area contributed by atoms with Crippen molar-refractivity contribution in [2.45, 2.75) is 26.7 Å². The molecule has 0 saturated heterocycles. The third-order valence-electron chi connectivity index (χ3n) is 2.56. The van der Waals surface area contributed by atoms with Crippen molar-refractivity contribution in [3.05, 3.63) is 35.9 Å². The van der Waals surface area contributed by atoms with E-state index in [4.69, 9.17) is 9.47 Å². The quantitative estimate of drug-likeness (QED) is 0.474. The van der Waals surface area contributed by atoms with E-state index in [9.17, 15) is 9.59 Å². The maximum Gasteiger partial charge on any atom is 0.336 e. The van der Waals surface area contributed by atoms with E-state index in [0.717, 1.165) is 18.4 Å². The lowest BCUT2D eigenvalue weighted by Crippen LogP contribution is -2.10. The van der Waals surface area contributed by atoms with Crippen molar-refractivity contribution in [2.75, 3.05) is 0 Å². The number of hydrogen-bond acceptors (Lipinski definition) is 4. The van der Waals surface area contributed by atoms with E-state index in [-0.39, 0.29) is 11.9 Å². The molecule has 4 heteroatoms. The molecular formula is C15H16O4. The number of rotatable bonds is 4. The number of benzene rings is 1. The second kappa shape index (κ2) is 5.69. The third-order valence-corrected chi connectivity index (χ3v) is 2.56. The van der Waals surface area contributed by atoms with Crippen LogP contribution >= 0.6 is 0 Å². The van der Waals surface area contributed by atoms with Crippen LogP contribution in [0, 0.1) is 5.92 Å². The van der Waals surface area contributed by atoms with Crippen molar-refractivity contribution >= 4 is 11.9 Å². The summed E-state index contributed by atoms with van der Waals surface area (Å²) in [6, 6.07) is 6.53. The fourth-order valence-corrected chi connectivity index (χ4v) is 1.50. The lowest BCUT2D eigenvalue weighted by atomic mass is 10.3. The Balaban J connectivity index is 2.00. The largest absolute Gasteiger partial charge is 0.426 e. The van der Waals surface area contributed by atoms with Gasteiger partial charge in [0.1, 0.15) is 11.5 Å². The fourth-order valence-electron chi connectivity index (χ4n) is 1.50. The van der Waals surface area contributed by atoms with Crippen molar-refractivity contribution in [2.24, 2.45) is 5.92 Å². The first-order valence-electron chi connectivity index (χ1n) is 6.23. The number of esters is 2. The molecule has 0 aliphatic heterocycles. The summed E-state index contributed by atoms with van der Waals surface area (Å²) in [5.41, 5.74) is 0.862. The van der Waals surface area contributed by atoms with Gasteiger partial charge < -0.3 is 9.47 Å². The number of ether oxygens (including phenoxy) is 2. The van der Waals surface area contributed by atoms with Crippen molar-refractivity contribution in [1.82, 2.24) is 0 Å². The maximum absolute atomic E-state index is 11.5. The number of carbonyl (C=O) groups excluding carboxylic acids is 2. The fraction of sp³-hybridized carbons (Fsp3) is 0.333. The summed E-state index contributed by atoms with van der Waals surface area (Å²) in [7, 11) is 0. The van der Waals surface area contributed by atoms with Gasteiger partial charge in [0.05, 0.1) is 5.92 Å². The lowest BCUT2D eigenvalue weighted by molar-refractivity contribution is -0.135. The first-order valence-corrected chi connectivity index (χ1v) is 6.23. The van der Waals surface area contributed by atoms with Crippen molar-refractivity contribution < 1.29 is 19.1 Å². The molecule has 4 nitrogen and oxygen atoms in total. The molecule has 1 fully saturated rings. The smallest absolute Gasteiger partial charge is 0.336 e. The molecule has 0 amide bonds. The Morgan fingerprint density at radius 3 is 2.37 bits per heavy atom. The lowest BCUT2D eigenvalue weighted by Gasteiger charge is -2.06. The van der Waals surface area contributed by atoms with E-state index in [1.54, 1.807) is 18.2 Å². The van der Waals surface area contributed by atoms with Crippen LogP contribution in [0.2, 0.25) is 0 Å². The van der Waals surface area contributed by atoms with Gasteiger partial charge in [0.15, 0.2) is 0 Å². The van der Waals surface area contributed by atoms with Crippen LogP contribution in [0.3, 0.4) is 0 Å².